The van der Waals surface area contributed by atoms with Gasteiger partial charge in [-0.05, 0) is 48.7 Å². The van der Waals surface area contributed by atoms with Crippen LogP contribution in [0.1, 0.15) is 24.0 Å². The number of alkyl halides is 3. The summed E-state index contributed by atoms with van der Waals surface area (Å²) in [7, 11) is -3.92. The number of carbonyl (C=O) groups excluding carboxylic acids is 1. The normalized spacial score (nSPS) is 11.9. The van der Waals surface area contributed by atoms with Crippen LogP contribution in [-0.4, -0.2) is 30.8 Å². The Kier molecular flexibility index (Phi) is 8.73. The van der Waals surface area contributed by atoms with Gasteiger partial charge < -0.3 is 5.32 Å². The largest absolute Gasteiger partial charge is 0.416 e. The molecular formula is C24H23F3N2O3S2. The molecule has 0 spiro atoms. The van der Waals surface area contributed by atoms with Crippen LogP contribution < -0.4 is 5.32 Å². The number of anilines is 1. The third-order valence-corrected chi connectivity index (χ3v) is 7.85. The summed E-state index contributed by atoms with van der Waals surface area (Å²) in [6.07, 6.45) is -1.33. The van der Waals surface area contributed by atoms with Gasteiger partial charge in [0.2, 0.25) is 5.91 Å². The molecule has 0 radical (unpaired) electrons. The molecular weight excluding hydrogens is 485 g/mol. The van der Waals surface area contributed by atoms with Crippen LogP contribution in [0.3, 0.4) is 0 Å². The Morgan fingerprint density at radius 2 is 1.76 bits per heavy atom. The highest BCUT2D eigenvalue weighted by molar-refractivity contribution is 8.00. The number of nitrogens with zero attached hydrogens (tertiary/aromatic N) is 1. The summed E-state index contributed by atoms with van der Waals surface area (Å²) in [5.74, 6) is -0.491. The number of benzene rings is 2. The van der Waals surface area contributed by atoms with Crippen molar-refractivity contribution in [3.63, 3.8) is 0 Å². The summed E-state index contributed by atoms with van der Waals surface area (Å²) in [6.45, 7) is 0. The fourth-order valence-electron chi connectivity index (χ4n) is 3.14. The molecule has 10 heteroatoms. The van der Waals surface area contributed by atoms with Gasteiger partial charge in [0.25, 0.3) is 0 Å². The molecule has 0 bridgehead atoms. The van der Waals surface area contributed by atoms with Gasteiger partial charge >= 0.3 is 6.18 Å². The zero-order valence-corrected chi connectivity index (χ0v) is 19.7. The summed E-state index contributed by atoms with van der Waals surface area (Å²) in [5.41, 5.74) is 0.604. The molecule has 2 aromatic carbocycles. The van der Waals surface area contributed by atoms with Crippen molar-refractivity contribution in [3.05, 3.63) is 84.1 Å². The van der Waals surface area contributed by atoms with Gasteiger partial charge in [0.05, 0.1) is 21.9 Å². The number of hydrogen-bond donors (Lipinski definition) is 1. The number of nitrogens with one attached hydrogen (secondary N) is 1. The first kappa shape index (κ1) is 25.8. The summed E-state index contributed by atoms with van der Waals surface area (Å²) in [5, 5.41) is 3.25. The highest BCUT2D eigenvalue weighted by Gasteiger charge is 2.31. The van der Waals surface area contributed by atoms with Crippen LogP contribution in [0.25, 0.3) is 0 Å². The minimum absolute atomic E-state index is 0.0620. The lowest BCUT2D eigenvalue weighted by Gasteiger charge is -2.11. The Balaban J connectivity index is 1.55. The fraction of sp³-hybridized carbons (Fsp3) is 0.250. The van der Waals surface area contributed by atoms with Gasteiger partial charge in [-0.2, -0.15) is 13.2 Å². The zero-order chi connectivity index (χ0) is 24.6. The van der Waals surface area contributed by atoms with Crippen molar-refractivity contribution in [1.29, 1.82) is 0 Å². The van der Waals surface area contributed by atoms with Crippen molar-refractivity contribution in [2.45, 2.75) is 35.4 Å². The van der Waals surface area contributed by atoms with Crippen LogP contribution in [0.2, 0.25) is 0 Å². The predicted octanol–water partition coefficient (Wildman–Crippen LogP) is 5.63. The van der Waals surface area contributed by atoms with Gasteiger partial charge in [0, 0.05) is 18.4 Å². The van der Waals surface area contributed by atoms with Crippen molar-refractivity contribution >= 4 is 33.2 Å². The van der Waals surface area contributed by atoms with Crippen LogP contribution in [0.5, 0.6) is 0 Å². The van der Waals surface area contributed by atoms with E-state index < -0.39 is 21.6 Å². The van der Waals surface area contributed by atoms with E-state index in [0.717, 1.165) is 41.9 Å². The molecule has 0 aliphatic heterocycles. The average Bonchev–Trinajstić information content (AvgIpc) is 2.80. The number of aryl methyl sites for hydroxylation is 1. The Hall–Kier alpha value is -2.85. The molecule has 1 heterocycles. The van der Waals surface area contributed by atoms with Crippen molar-refractivity contribution in [2.75, 3.05) is 16.8 Å². The number of rotatable bonds is 10. The lowest BCUT2D eigenvalue weighted by Crippen LogP contribution is -2.13. The molecule has 0 unspecified atom stereocenters. The molecule has 3 aromatic rings. The van der Waals surface area contributed by atoms with Gasteiger partial charge in [-0.1, -0.05) is 36.4 Å². The van der Waals surface area contributed by atoms with E-state index in [-0.39, 0.29) is 22.3 Å². The number of thioether (sulfide) groups is 1. The van der Waals surface area contributed by atoms with Gasteiger partial charge in [0.1, 0.15) is 5.03 Å². The van der Waals surface area contributed by atoms with Gasteiger partial charge in [-0.3, -0.25) is 4.79 Å². The number of sulfone groups is 1. The Morgan fingerprint density at radius 1 is 1.00 bits per heavy atom. The van der Waals surface area contributed by atoms with Crippen LogP contribution in [-0.2, 0) is 27.2 Å². The minimum atomic E-state index is -4.62. The first-order valence-corrected chi connectivity index (χ1v) is 13.1. The topological polar surface area (TPSA) is 76.1 Å². The molecule has 3 rings (SSSR count). The molecule has 0 aliphatic rings. The Labute approximate surface area is 200 Å². The second-order valence-corrected chi connectivity index (χ2v) is 10.6. The first-order valence-electron chi connectivity index (χ1n) is 10.5. The molecule has 0 saturated heterocycles. The molecule has 0 atom stereocenters. The minimum Gasteiger partial charge on any atom is -0.324 e. The quantitative estimate of drug-likeness (QED) is 0.360. The van der Waals surface area contributed by atoms with Crippen LogP contribution in [0, 0.1) is 0 Å². The third kappa shape index (κ3) is 7.59. The van der Waals surface area contributed by atoms with Crippen LogP contribution in [0.15, 0.2) is 82.8 Å². The van der Waals surface area contributed by atoms with Crippen LogP contribution in [0.4, 0.5) is 18.9 Å². The van der Waals surface area contributed by atoms with Crippen molar-refractivity contribution in [1.82, 2.24) is 4.98 Å². The molecule has 0 aliphatic carbocycles. The molecule has 1 aromatic heterocycles. The lowest BCUT2D eigenvalue weighted by atomic mass is 10.1. The highest BCUT2D eigenvalue weighted by Crippen LogP contribution is 2.31. The van der Waals surface area contributed by atoms with Crippen molar-refractivity contribution in [3.8, 4) is 0 Å². The molecule has 0 saturated carbocycles. The standard InChI is InChI=1S/C24H23F3N2O3S2/c25-24(26,27)19-10-5-11-20(17-19)34(31,32)16-15-33-23-21(12-6-14-28-23)29-22(30)13-4-9-18-7-2-1-3-8-18/h1-3,5-8,10-12,14,17H,4,9,13,15-16H2,(H,29,30). The lowest BCUT2D eigenvalue weighted by molar-refractivity contribution is -0.137. The van der Waals surface area contributed by atoms with Gasteiger partial charge in [0.15, 0.2) is 9.84 Å². The molecule has 180 valence electrons. The second-order valence-electron chi connectivity index (χ2n) is 7.44. The maximum Gasteiger partial charge on any atom is 0.416 e. The number of pyridine rings is 1. The predicted molar refractivity (Wildman–Crippen MR) is 126 cm³/mol. The first-order chi connectivity index (χ1) is 16.1. The average molecular weight is 509 g/mol. The van der Waals surface area contributed by atoms with E-state index in [4.69, 9.17) is 0 Å². The van der Waals surface area contributed by atoms with E-state index in [1.165, 1.54) is 6.20 Å². The Morgan fingerprint density at radius 3 is 2.50 bits per heavy atom. The van der Waals surface area contributed by atoms with Crippen molar-refractivity contribution < 1.29 is 26.4 Å². The number of aromatic nitrogens is 1. The second kappa shape index (κ2) is 11.5. The Bertz CT molecular complexity index is 1220. The van der Waals surface area contributed by atoms with E-state index >= 15 is 0 Å². The summed E-state index contributed by atoms with van der Waals surface area (Å²) < 4.78 is 63.8. The summed E-state index contributed by atoms with van der Waals surface area (Å²) >= 11 is 1.11. The smallest absolute Gasteiger partial charge is 0.324 e. The molecule has 1 amide bonds. The summed E-state index contributed by atoms with van der Waals surface area (Å²) in [6, 6.07) is 16.9. The van der Waals surface area contributed by atoms with E-state index in [1.54, 1.807) is 12.1 Å². The fourth-order valence-corrected chi connectivity index (χ4v) is 5.79. The zero-order valence-electron chi connectivity index (χ0n) is 18.1. The highest BCUT2D eigenvalue weighted by atomic mass is 32.2. The van der Waals surface area contributed by atoms with Crippen molar-refractivity contribution in [2.24, 2.45) is 0 Å². The van der Waals surface area contributed by atoms with E-state index in [9.17, 15) is 26.4 Å². The molecule has 5 nitrogen and oxygen atoms in total. The number of hydrogen-bond acceptors (Lipinski definition) is 5. The number of amides is 1. The molecule has 0 fully saturated rings. The number of halogens is 3. The van der Waals surface area contributed by atoms with E-state index in [2.05, 4.69) is 10.3 Å². The number of carbonyl (C=O) groups is 1. The third-order valence-electron chi connectivity index (χ3n) is 4.87. The maximum absolute atomic E-state index is 12.9. The van der Waals surface area contributed by atoms with Gasteiger partial charge in [-0.25, -0.2) is 13.4 Å². The van der Waals surface area contributed by atoms with Gasteiger partial charge in [-0.15, -0.1) is 11.8 Å². The van der Waals surface area contributed by atoms with E-state index in [0.29, 0.717) is 29.6 Å². The maximum atomic E-state index is 12.9. The molecule has 1 N–H and O–H groups in total. The van der Waals surface area contributed by atoms with Crippen LogP contribution >= 0.6 is 11.8 Å². The summed E-state index contributed by atoms with van der Waals surface area (Å²) in [4.78, 5) is 16.2. The monoisotopic (exact) mass is 508 g/mol. The molecule has 34 heavy (non-hydrogen) atoms. The van der Waals surface area contributed by atoms with E-state index in [1.807, 2.05) is 30.3 Å². The SMILES string of the molecule is O=C(CCCc1ccccc1)Nc1cccnc1SCCS(=O)(=O)c1cccc(C(F)(F)F)c1.